The smallest absolute Gasteiger partial charge is 0.317 e. The number of carbonyl (C=O) groups excluding carboxylic acids is 2. The van der Waals surface area contributed by atoms with E-state index in [2.05, 4.69) is 10.2 Å². The normalized spacial score (nSPS) is 19.6. The molecule has 0 radical (unpaired) electrons. The van der Waals surface area contributed by atoms with Crippen LogP contribution in [0.3, 0.4) is 0 Å². The second-order valence-electron chi connectivity index (χ2n) is 7.29. The van der Waals surface area contributed by atoms with Gasteiger partial charge < -0.3 is 20.0 Å². The topological polar surface area (TPSA) is 55.9 Å². The zero-order valence-corrected chi connectivity index (χ0v) is 15.9. The van der Waals surface area contributed by atoms with Crippen LogP contribution >= 0.6 is 0 Å². The summed E-state index contributed by atoms with van der Waals surface area (Å²) >= 11 is 0. The van der Waals surface area contributed by atoms with E-state index in [0.717, 1.165) is 5.69 Å². The first-order chi connectivity index (χ1) is 14.0. The highest BCUT2D eigenvalue weighted by atomic mass is 19.1. The number of anilines is 2. The molecule has 0 bridgehead atoms. The van der Waals surface area contributed by atoms with Gasteiger partial charge in [-0.1, -0.05) is 6.07 Å². The molecule has 0 saturated carbocycles. The van der Waals surface area contributed by atoms with E-state index in [1.54, 1.807) is 29.2 Å². The lowest BCUT2D eigenvalue weighted by molar-refractivity contribution is -0.117. The minimum absolute atomic E-state index is 0.137. The average Bonchev–Trinajstić information content (AvgIpc) is 3.09. The first-order valence-corrected chi connectivity index (χ1v) is 9.61. The van der Waals surface area contributed by atoms with E-state index in [4.69, 9.17) is 0 Å². The van der Waals surface area contributed by atoms with Gasteiger partial charge >= 0.3 is 6.03 Å². The van der Waals surface area contributed by atoms with Gasteiger partial charge in [-0.25, -0.2) is 13.6 Å². The highest BCUT2D eigenvalue weighted by Crippen LogP contribution is 2.23. The summed E-state index contributed by atoms with van der Waals surface area (Å²) in [6.07, 6.45) is 0.192. The fourth-order valence-electron chi connectivity index (χ4n) is 3.78. The minimum Gasteiger partial charge on any atom is -0.368 e. The fraction of sp³-hybridized carbons (Fsp3) is 0.333. The number of carbonyl (C=O) groups is 2. The van der Waals surface area contributed by atoms with Gasteiger partial charge in [0.1, 0.15) is 11.6 Å². The number of nitrogens with one attached hydrogen (secondary N) is 1. The molecular weight excluding hydrogens is 378 g/mol. The van der Waals surface area contributed by atoms with Crippen molar-refractivity contribution >= 4 is 23.3 Å². The quantitative estimate of drug-likeness (QED) is 0.862. The Kier molecular flexibility index (Phi) is 5.33. The number of benzene rings is 2. The van der Waals surface area contributed by atoms with Crippen LogP contribution in [0.2, 0.25) is 0 Å². The van der Waals surface area contributed by atoms with Gasteiger partial charge in [0, 0.05) is 50.5 Å². The number of rotatable bonds is 3. The van der Waals surface area contributed by atoms with E-state index in [1.165, 1.54) is 29.2 Å². The van der Waals surface area contributed by atoms with Crippen LogP contribution in [0.5, 0.6) is 0 Å². The number of amides is 3. The van der Waals surface area contributed by atoms with E-state index < -0.39 is 5.82 Å². The Morgan fingerprint density at radius 1 is 0.931 bits per heavy atom. The maximum Gasteiger partial charge on any atom is 0.317 e. The zero-order valence-electron chi connectivity index (χ0n) is 15.9. The summed E-state index contributed by atoms with van der Waals surface area (Å²) in [6, 6.07) is 11.7. The van der Waals surface area contributed by atoms with Crippen molar-refractivity contribution in [2.24, 2.45) is 0 Å². The molecule has 0 aromatic heterocycles. The van der Waals surface area contributed by atoms with Crippen molar-refractivity contribution in [2.45, 2.75) is 12.5 Å². The van der Waals surface area contributed by atoms with Crippen molar-refractivity contribution in [3.8, 4) is 0 Å². The summed E-state index contributed by atoms with van der Waals surface area (Å²) in [7, 11) is 0. The molecule has 4 rings (SSSR count). The monoisotopic (exact) mass is 400 g/mol. The Morgan fingerprint density at radius 2 is 1.66 bits per heavy atom. The molecule has 2 aromatic carbocycles. The molecule has 2 aliphatic rings. The molecule has 2 saturated heterocycles. The predicted octanol–water partition coefficient (Wildman–Crippen LogP) is 2.60. The van der Waals surface area contributed by atoms with Gasteiger partial charge in [0.25, 0.3) is 0 Å². The molecule has 2 aromatic rings. The van der Waals surface area contributed by atoms with Crippen molar-refractivity contribution in [3.05, 3.63) is 60.2 Å². The lowest BCUT2D eigenvalue weighted by atomic mass is 10.2. The van der Waals surface area contributed by atoms with Gasteiger partial charge in [0.05, 0.1) is 6.04 Å². The number of nitrogens with zero attached hydrogens (tertiary/aromatic N) is 3. The summed E-state index contributed by atoms with van der Waals surface area (Å²) in [5.41, 5.74) is 1.43. The van der Waals surface area contributed by atoms with Gasteiger partial charge in [0.15, 0.2) is 0 Å². The highest BCUT2D eigenvalue weighted by Gasteiger charge is 2.33. The number of urea groups is 1. The Balaban J connectivity index is 1.30. The number of hydrogen-bond acceptors (Lipinski definition) is 3. The number of halogens is 2. The third kappa shape index (κ3) is 4.31. The molecule has 0 aliphatic carbocycles. The third-order valence-corrected chi connectivity index (χ3v) is 5.33. The predicted molar refractivity (Wildman–Crippen MR) is 106 cm³/mol. The van der Waals surface area contributed by atoms with E-state index >= 15 is 0 Å². The van der Waals surface area contributed by atoms with Crippen LogP contribution in [0, 0.1) is 11.6 Å². The summed E-state index contributed by atoms with van der Waals surface area (Å²) in [5.74, 6) is -0.811. The van der Waals surface area contributed by atoms with Crippen LogP contribution < -0.4 is 15.1 Å². The minimum atomic E-state index is -0.401. The van der Waals surface area contributed by atoms with Gasteiger partial charge in [-0.2, -0.15) is 0 Å². The summed E-state index contributed by atoms with van der Waals surface area (Å²) in [4.78, 5) is 30.2. The highest BCUT2D eigenvalue weighted by molar-refractivity contribution is 5.96. The average molecular weight is 400 g/mol. The van der Waals surface area contributed by atoms with Gasteiger partial charge in [-0.05, 0) is 42.5 Å². The molecule has 152 valence electrons. The standard InChI is InChI=1S/C21H22F2N4O2/c22-15-4-6-18(7-5-15)25-8-10-26(11-9-25)21(29)24-17-13-20(28)27(14-17)19-3-1-2-16(23)12-19/h1-7,12,17H,8-11,13-14H2,(H,24,29)/t17-/m0/s1. The molecule has 2 fully saturated rings. The van der Waals surface area contributed by atoms with E-state index in [-0.39, 0.29) is 30.2 Å². The van der Waals surface area contributed by atoms with Crippen molar-refractivity contribution in [3.63, 3.8) is 0 Å². The SMILES string of the molecule is O=C(N[C@H]1CC(=O)N(c2cccc(F)c2)C1)N1CCN(c2ccc(F)cc2)CC1. The number of piperazine rings is 1. The molecule has 0 unspecified atom stereocenters. The van der Waals surface area contributed by atoms with Crippen LogP contribution in [0.25, 0.3) is 0 Å². The molecule has 0 spiro atoms. The van der Waals surface area contributed by atoms with E-state index in [9.17, 15) is 18.4 Å². The van der Waals surface area contributed by atoms with Crippen molar-refractivity contribution in [1.82, 2.24) is 10.2 Å². The third-order valence-electron chi connectivity index (χ3n) is 5.33. The summed E-state index contributed by atoms with van der Waals surface area (Å²) in [5, 5.41) is 2.92. The Hall–Kier alpha value is -3.16. The molecule has 6 nitrogen and oxygen atoms in total. The molecule has 1 N–H and O–H groups in total. The molecule has 29 heavy (non-hydrogen) atoms. The Labute approximate surface area is 167 Å². The molecule has 8 heteroatoms. The molecule has 3 amide bonds. The lowest BCUT2D eigenvalue weighted by Crippen LogP contribution is -2.53. The fourth-order valence-corrected chi connectivity index (χ4v) is 3.78. The largest absolute Gasteiger partial charge is 0.368 e. The van der Waals surface area contributed by atoms with Crippen LogP contribution in [0.1, 0.15) is 6.42 Å². The van der Waals surface area contributed by atoms with Gasteiger partial charge in [0.2, 0.25) is 5.91 Å². The zero-order chi connectivity index (χ0) is 20.4. The molecular formula is C21H22F2N4O2. The maximum atomic E-state index is 13.4. The second kappa shape index (κ2) is 8.06. The maximum absolute atomic E-state index is 13.4. The van der Waals surface area contributed by atoms with Crippen LogP contribution in [0.15, 0.2) is 48.5 Å². The molecule has 1 atom stereocenters. The van der Waals surface area contributed by atoms with E-state index in [0.29, 0.717) is 38.4 Å². The van der Waals surface area contributed by atoms with E-state index in [1.807, 2.05) is 0 Å². The Bertz CT molecular complexity index is 898. The Morgan fingerprint density at radius 3 is 2.34 bits per heavy atom. The van der Waals surface area contributed by atoms with Gasteiger partial charge in [-0.3, -0.25) is 4.79 Å². The van der Waals surface area contributed by atoms with Crippen molar-refractivity contribution in [2.75, 3.05) is 42.5 Å². The van der Waals surface area contributed by atoms with Gasteiger partial charge in [-0.15, -0.1) is 0 Å². The lowest BCUT2D eigenvalue weighted by Gasteiger charge is -2.36. The molecule has 2 heterocycles. The number of hydrogen-bond donors (Lipinski definition) is 1. The van der Waals surface area contributed by atoms with Crippen molar-refractivity contribution < 1.29 is 18.4 Å². The summed E-state index contributed by atoms with van der Waals surface area (Å²) in [6.45, 7) is 2.70. The van der Waals surface area contributed by atoms with Crippen LogP contribution in [-0.2, 0) is 4.79 Å². The first-order valence-electron chi connectivity index (χ1n) is 9.61. The van der Waals surface area contributed by atoms with Crippen LogP contribution in [-0.4, -0.2) is 55.6 Å². The summed E-state index contributed by atoms with van der Waals surface area (Å²) < 4.78 is 26.5. The second-order valence-corrected chi connectivity index (χ2v) is 7.29. The first kappa shape index (κ1) is 19.2. The van der Waals surface area contributed by atoms with Crippen LogP contribution in [0.4, 0.5) is 25.0 Å². The molecule has 2 aliphatic heterocycles. The van der Waals surface area contributed by atoms with Crippen molar-refractivity contribution in [1.29, 1.82) is 0 Å².